The summed E-state index contributed by atoms with van der Waals surface area (Å²) in [5.74, 6) is -0.404. The number of pyridine rings is 1. The van der Waals surface area contributed by atoms with Crippen molar-refractivity contribution < 1.29 is 17.9 Å². The van der Waals surface area contributed by atoms with Crippen molar-refractivity contribution >= 4 is 45.2 Å². The average Bonchev–Trinajstić information content (AvgIpc) is 2.08. The van der Waals surface area contributed by atoms with E-state index in [0.29, 0.717) is 0 Å². The van der Waals surface area contributed by atoms with Gasteiger partial charge in [0.15, 0.2) is 5.69 Å². The van der Waals surface area contributed by atoms with Crippen LogP contribution in [0.1, 0.15) is 5.69 Å². The van der Waals surface area contributed by atoms with Crippen LogP contribution in [0.15, 0.2) is 6.07 Å². The van der Waals surface area contributed by atoms with Crippen molar-refractivity contribution in [3.63, 3.8) is 0 Å². The zero-order chi connectivity index (χ0) is 11.6. The number of halogens is 5. The summed E-state index contributed by atoms with van der Waals surface area (Å²) in [6.45, 7) is 0. The number of alkyl halides is 3. The van der Waals surface area contributed by atoms with Gasteiger partial charge in [0.25, 0.3) is 0 Å². The molecule has 1 heterocycles. The number of aromatic nitrogens is 1. The molecule has 0 fully saturated rings. The molecule has 0 saturated heterocycles. The Morgan fingerprint density at radius 1 is 1.40 bits per heavy atom. The first-order chi connectivity index (χ1) is 6.83. The lowest BCUT2D eigenvalue weighted by Crippen LogP contribution is -2.18. The van der Waals surface area contributed by atoms with Gasteiger partial charge in [-0.1, -0.05) is 0 Å². The second kappa shape index (κ2) is 4.69. The Hall–Kier alpha value is -0.310. The Morgan fingerprint density at radius 3 is 2.47 bits per heavy atom. The van der Waals surface area contributed by atoms with E-state index in [4.69, 9.17) is 5.26 Å². The Labute approximate surface area is 110 Å². The van der Waals surface area contributed by atoms with Crippen molar-refractivity contribution in [2.75, 3.05) is 0 Å². The van der Waals surface area contributed by atoms with Gasteiger partial charge in [0, 0.05) is 6.07 Å². The molecule has 0 saturated carbocycles. The van der Waals surface area contributed by atoms with E-state index < -0.39 is 12.1 Å². The molecule has 0 spiro atoms. The number of ether oxygens (including phenoxy) is 1. The fraction of sp³-hybridized carbons (Fsp3) is 0.143. The van der Waals surface area contributed by atoms with Crippen LogP contribution in [0.4, 0.5) is 13.2 Å². The van der Waals surface area contributed by atoms with E-state index in [0.717, 1.165) is 6.07 Å². The normalized spacial score (nSPS) is 10.9. The summed E-state index contributed by atoms with van der Waals surface area (Å²) < 4.78 is 39.9. The van der Waals surface area contributed by atoms with Crippen LogP contribution in [0.25, 0.3) is 0 Å². The van der Waals surface area contributed by atoms with Gasteiger partial charge in [-0.25, -0.2) is 4.98 Å². The summed E-state index contributed by atoms with van der Waals surface area (Å²) in [6.07, 6.45) is -4.77. The molecule has 0 unspecified atom stereocenters. The number of hydrogen-bond acceptors (Lipinski definition) is 3. The van der Waals surface area contributed by atoms with Gasteiger partial charge >= 0.3 is 6.36 Å². The minimum Gasteiger partial charge on any atom is -0.404 e. The maximum absolute atomic E-state index is 12.0. The highest BCUT2D eigenvalue weighted by molar-refractivity contribution is 14.1. The van der Waals surface area contributed by atoms with Crippen LogP contribution in [-0.4, -0.2) is 11.3 Å². The minimum atomic E-state index is -4.77. The summed E-state index contributed by atoms with van der Waals surface area (Å²) >= 11 is 3.29. The third-order valence-electron chi connectivity index (χ3n) is 1.22. The molecule has 8 heteroatoms. The van der Waals surface area contributed by atoms with Gasteiger partial charge in [0.05, 0.1) is 3.57 Å². The zero-order valence-corrected chi connectivity index (χ0v) is 11.1. The molecule has 0 amide bonds. The second-order valence-corrected chi connectivity index (χ2v) is 4.45. The third kappa shape index (κ3) is 3.63. The average molecular weight is 440 g/mol. The molecule has 1 rings (SSSR count). The van der Waals surface area contributed by atoms with Crippen molar-refractivity contribution in [1.29, 1.82) is 5.26 Å². The topological polar surface area (TPSA) is 45.9 Å². The highest BCUT2D eigenvalue weighted by Gasteiger charge is 2.32. The van der Waals surface area contributed by atoms with Crippen molar-refractivity contribution in [2.24, 2.45) is 0 Å². The van der Waals surface area contributed by atoms with Gasteiger partial charge < -0.3 is 4.74 Å². The predicted octanol–water partition coefficient (Wildman–Crippen LogP) is 3.06. The van der Waals surface area contributed by atoms with Gasteiger partial charge in [-0.15, -0.1) is 13.2 Å². The van der Waals surface area contributed by atoms with Crippen molar-refractivity contribution in [2.45, 2.75) is 6.36 Å². The predicted molar refractivity (Wildman–Crippen MR) is 61.1 cm³/mol. The Balaban J connectivity index is 3.20. The molecule has 0 N–H and O–H groups in total. The molecule has 1 aromatic heterocycles. The van der Waals surface area contributed by atoms with Crippen LogP contribution in [0.2, 0.25) is 0 Å². The maximum atomic E-state index is 12.0. The van der Waals surface area contributed by atoms with Crippen LogP contribution in [-0.2, 0) is 0 Å². The Bertz CT molecular complexity index is 427. The molecule has 0 atom stereocenters. The Kier molecular flexibility index (Phi) is 3.99. The molecule has 0 radical (unpaired) electrons. The monoisotopic (exact) mass is 440 g/mol. The van der Waals surface area contributed by atoms with Crippen LogP contribution in [0.3, 0.4) is 0 Å². The first-order valence-electron chi connectivity index (χ1n) is 3.35. The minimum absolute atomic E-state index is 0.0489. The molecular weight excluding hydrogens is 439 g/mol. The van der Waals surface area contributed by atoms with Crippen molar-refractivity contribution in [1.82, 2.24) is 4.98 Å². The van der Waals surface area contributed by atoms with E-state index in [1.54, 1.807) is 51.3 Å². The molecule has 0 aliphatic heterocycles. The van der Waals surface area contributed by atoms with E-state index in [1.165, 1.54) is 0 Å². The molecule has 15 heavy (non-hydrogen) atoms. The number of nitrogens with zero attached hydrogens (tertiary/aromatic N) is 2. The quantitative estimate of drug-likeness (QED) is 0.499. The number of nitriles is 1. The van der Waals surface area contributed by atoms with Crippen molar-refractivity contribution in [3.05, 3.63) is 19.0 Å². The lowest BCUT2D eigenvalue weighted by Gasteiger charge is -2.10. The smallest absolute Gasteiger partial charge is 0.404 e. The van der Waals surface area contributed by atoms with E-state index in [-0.39, 0.29) is 13.0 Å². The van der Waals surface area contributed by atoms with E-state index in [1.807, 2.05) is 0 Å². The van der Waals surface area contributed by atoms with Gasteiger partial charge in [0.2, 0.25) is 0 Å². The van der Waals surface area contributed by atoms with Gasteiger partial charge in [-0.05, 0) is 45.2 Å². The largest absolute Gasteiger partial charge is 0.573 e. The van der Waals surface area contributed by atoms with E-state index in [9.17, 15) is 13.2 Å². The molecule has 0 aromatic carbocycles. The Morgan fingerprint density at radius 2 is 2.00 bits per heavy atom. The summed E-state index contributed by atoms with van der Waals surface area (Å²) in [7, 11) is 0. The molecule has 80 valence electrons. The molecule has 3 nitrogen and oxygen atoms in total. The van der Waals surface area contributed by atoms with Gasteiger partial charge in [0.1, 0.15) is 15.5 Å². The van der Waals surface area contributed by atoms with E-state index >= 15 is 0 Å². The SMILES string of the molecule is N#Cc1nc(I)cc(OC(F)(F)F)c1I. The fourth-order valence-corrected chi connectivity index (χ4v) is 1.78. The third-order valence-corrected chi connectivity index (χ3v) is 2.82. The highest BCUT2D eigenvalue weighted by atomic mass is 127. The van der Waals surface area contributed by atoms with Crippen LogP contribution in [0.5, 0.6) is 5.75 Å². The highest BCUT2D eigenvalue weighted by Crippen LogP contribution is 2.29. The standard InChI is InChI=1S/C7HF3I2N2O/c8-7(9,10)15-4-1-5(11)14-3(2-13)6(4)12/h1H. The first-order valence-corrected chi connectivity index (χ1v) is 5.51. The van der Waals surface area contributed by atoms with Crippen molar-refractivity contribution in [3.8, 4) is 11.8 Å². The number of hydrogen-bond donors (Lipinski definition) is 0. The summed E-state index contributed by atoms with van der Waals surface area (Å²) in [5.41, 5.74) is -0.0817. The fourth-order valence-electron chi connectivity index (χ4n) is 0.749. The molecule has 0 aliphatic rings. The van der Waals surface area contributed by atoms with Crippen LogP contribution in [0, 0.1) is 18.6 Å². The molecule has 1 aromatic rings. The van der Waals surface area contributed by atoms with Crippen LogP contribution >= 0.6 is 45.2 Å². The number of rotatable bonds is 1. The lowest BCUT2D eigenvalue weighted by molar-refractivity contribution is -0.275. The molecular formula is C7HF3I2N2O. The summed E-state index contributed by atoms with van der Waals surface area (Å²) in [6, 6.07) is 2.81. The van der Waals surface area contributed by atoms with Gasteiger partial charge in [-0.2, -0.15) is 5.26 Å². The maximum Gasteiger partial charge on any atom is 0.573 e. The molecule has 0 bridgehead atoms. The lowest BCUT2D eigenvalue weighted by atomic mass is 10.3. The second-order valence-electron chi connectivity index (χ2n) is 2.27. The zero-order valence-electron chi connectivity index (χ0n) is 6.77. The summed E-state index contributed by atoms with van der Waals surface area (Å²) in [4.78, 5) is 3.75. The first kappa shape index (κ1) is 12.8. The van der Waals surface area contributed by atoms with E-state index in [2.05, 4.69) is 9.72 Å². The molecule has 0 aliphatic carbocycles. The van der Waals surface area contributed by atoms with Crippen LogP contribution < -0.4 is 4.74 Å². The van der Waals surface area contributed by atoms with Gasteiger partial charge in [-0.3, -0.25) is 0 Å². The summed E-state index contributed by atoms with van der Waals surface area (Å²) in [5, 5.41) is 8.61.